The highest BCUT2D eigenvalue weighted by atomic mass is 16.5. The summed E-state index contributed by atoms with van der Waals surface area (Å²) in [5.74, 6) is 0.974. The molecule has 1 amide bonds. The third-order valence-electron chi connectivity index (χ3n) is 8.27. The summed E-state index contributed by atoms with van der Waals surface area (Å²) < 4.78 is 8.41. The Bertz CT molecular complexity index is 2010. The maximum atomic E-state index is 14.5. The van der Waals surface area contributed by atoms with E-state index in [9.17, 15) is 10.1 Å². The number of hydrogen-bond donors (Lipinski definition) is 1. The first-order valence-electron chi connectivity index (χ1n) is 15.0. The first-order chi connectivity index (χ1) is 22.1. The summed E-state index contributed by atoms with van der Waals surface area (Å²) in [5, 5.41) is 14.9. The Labute approximate surface area is 262 Å². The molecule has 1 aliphatic heterocycles. The number of carbonyl (C=O) groups is 1. The fourth-order valence-corrected chi connectivity index (χ4v) is 5.96. The van der Waals surface area contributed by atoms with Gasteiger partial charge in [-0.1, -0.05) is 84.9 Å². The van der Waals surface area contributed by atoms with E-state index in [0.29, 0.717) is 48.8 Å². The molecule has 0 saturated heterocycles. The third kappa shape index (κ3) is 6.19. The largest absolute Gasteiger partial charge is 0.456 e. The summed E-state index contributed by atoms with van der Waals surface area (Å²) in [5.41, 5.74) is 5.30. The van der Waals surface area contributed by atoms with Crippen LogP contribution in [0, 0.1) is 11.3 Å². The molecule has 0 saturated carbocycles. The zero-order valence-corrected chi connectivity index (χ0v) is 24.6. The number of amides is 1. The summed E-state index contributed by atoms with van der Waals surface area (Å²) in [4.78, 5) is 21.2. The van der Waals surface area contributed by atoms with Crippen LogP contribution in [-0.2, 0) is 30.8 Å². The van der Waals surface area contributed by atoms with Crippen molar-refractivity contribution >= 4 is 22.4 Å². The number of nitrogens with zero attached hydrogens (tertiary/aromatic N) is 4. The van der Waals surface area contributed by atoms with Crippen LogP contribution in [0.4, 0.5) is 5.69 Å². The van der Waals surface area contributed by atoms with Crippen LogP contribution >= 0.6 is 0 Å². The van der Waals surface area contributed by atoms with Crippen molar-refractivity contribution in [2.24, 2.45) is 0 Å². The van der Waals surface area contributed by atoms with Crippen molar-refractivity contribution in [1.82, 2.24) is 14.5 Å². The summed E-state index contributed by atoms with van der Waals surface area (Å²) in [7, 11) is 0. The lowest BCUT2D eigenvalue weighted by Gasteiger charge is -2.31. The zero-order chi connectivity index (χ0) is 30.6. The first kappa shape index (κ1) is 28.1. The Morgan fingerprint density at radius 2 is 1.67 bits per heavy atom. The van der Waals surface area contributed by atoms with Crippen LogP contribution < -0.4 is 10.1 Å². The fraction of sp³-hybridized carbons (Fsp3) is 0.132. The molecule has 1 atom stereocenters. The fourth-order valence-electron chi connectivity index (χ4n) is 5.96. The third-order valence-corrected chi connectivity index (χ3v) is 8.27. The minimum absolute atomic E-state index is 0.0937. The number of rotatable bonds is 4. The van der Waals surface area contributed by atoms with E-state index in [0.717, 1.165) is 33.2 Å². The number of ether oxygens (including phenoxy) is 1. The monoisotopic (exact) mass is 589 g/mol. The standard InChI is InChI=1S/C38H31N5O2/c39-21-31-15-14-29-19-37(31)45-33-17-16-30-12-7-13-35(34(30)20-33)41-38(44)36(18-27-8-3-1-4-9-27)42(23-28-10-5-2-6-11-28)25-32-22-40-26-43(32)24-29/h1-17,19-20,22,26,36H,18,23-25H2,(H,41,44)/t36-/m0/s1. The van der Waals surface area contributed by atoms with Crippen molar-refractivity contribution in [1.29, 1.82) is 5.26 Å². The second-order valence-electron chi connectivity index (χ2n) is 11.3. The Balaban J connectivity index is 1.38. The molecule has 2 heterocycles. The molecular weight excluding hydrogens is 558 g/mol. The van der Waals surface area contributed by atoms with Crippen molar-refractivity contribution in [3.8, 4) is 17.6 Å². The Kier molecular flexibility index (Phi) is 7.79. The topological polar surface area (TPSA) is 83.2 Å². The molecule has 4 bridgehead atoms. The Hall–Kier alpha value is -5.71. The molecule has 7 nitrogen and oxygen atoms in total. The van der Waals surface area contributed by atoms with Gasteiger partial charge in [0.2, 0.25) is 5.91 Å². The Morgan fingerprint density at radius 3 is 2.47 bits per heavy atom. The molecule has 6 aromatic rings. The highest BCUT2D eigenvalue weighted by molar-refractivity contribution is 6.04. The molecule has 7 heteroatoms. The van der Waals surface area contributed by atoms with Crippen LogP contribution in [0.2, 0.25) is 0 Å². The number of aromatic nitrogens is 2. The van der Waals surface area contributed by atoms with Gasteiger partial charge in [-0.2, -0.15) is 5.26 Å². The number of hydrogen-bond acceptors (Lipinski definition) is 5. The van der Waals surface area contributed by atoms with E-state index < -0.39 is 6.04 Å². The predicted octanol–water partition coefficient (Wildman–Crippen LogP) is 7.31. The number of carbonyl (C=O) groups excluding carboxylic acids is 1. The molecule has 45 heavy (non-hydrogen) atoms. The van der Waals surface area contributed by atoms with E-state index in [1.807, 2.05) is 97.5 Å². The van der Waals surface area contributed by atoms with Crippen LogP contribution in [0.3, 0.4) is 0 Å². The lowest BCUT2D eigenvalue weighted by atomic mass is 10.0. The number of anilines is 1. The molecule has 0 unspecified atom stereocenters. The van der Waals surface area contributed by atoms with Crippen molar-refractivity contribution in [3.63, 3.8) is 0 Å². The van der Waals surface area contributed by atoms with Crippen LogP contribution in [0.25, 0.3) is 10.8 Å². The maximum absolute atomic E-state index is 14.5. The molecule has 1 aromatic heterocycles. The lowest BCUT2D eigenvalue weighted by Crippen LogP contribution is -2.45. The van der Waals surface area contributed by atoms with Crippen LogP contribution in [-0.4, -0.2) is 26.4 Å². The van der Waals surface area contributed by atoms with Gasteiger partial charge in [-0.3, -0.25) is 9.69 Å². The number of imidazole rings is 1. The molecular formula is C38H31N5O2. The maximum Gasteiger partial charge on any atom is 0.242 e. The average molecular weight is 590 g/mol. The van der Waals surface area contributed by atoms with E-state index in [4.69, 9.17) is 4.74 Å². The van der Waals surface area contributed by atoms with E-state index in [-0.39, 0.29) is 5.91 Å². The zero-order valence-electron chi connectivity index (χ0n) is 24.6. The summed E-state index contributed by atoms with van der Waals surface area (Å²) in [6.45, 7) is 1.61. The van der Waals surface area contributed by atoms with Gasteiger partial charge in [0.1, 0.15) is 17.6 Å². The van der Waals surface area contributed by atoms with Crippen LogP contribution in [0.15, 0.2) is 128 Å². The molecule has 0 aliphatic carbocycles. The minimum atomic E-state index is -0.486. The van der Waals surface area contributed by atoms with E-state index >= 15 is 0 Å². The SMILES string of the molecule is N#Cc1ccc2cc1Oc1ccc3cccc(c3c1)NC(=O)[C@H](Cc1ccccc1)N(Cc1ccccc1)Cc1cncn1C2. The smallest absolute Gasteiger partial charge is 0.242 e. The van der Waals surface area contributed by atoms with E-state index in [2.05, 4.69) is 50.1 Å². The highest BCUT2D eigenvalue weighted by Gasteiger charge is 2.28. The van der Waals surface area contributed by atoms with Gasteiger partial charge in [0, 0.05) is 36.9 Å². The quantitative estimate of drug-likeness (QED) is 0.233. The van der Waals surface area contributed by atoms with Gasteiger partial charge in [-0.15, -0.1) is 0 Å². The van der Waals surface area contributed by atoms with Crippen molar-refractivity contribution < 1.29 is 9.53 Å². The molecule has 0 radical (unpaired) electrons. The van der Waals surface area contributed by atoms with Crippen LogP contribution in [0.5, 0.6) is 11.5 Å². The molecule has 1 aliphatic rings. The van der Waals surface area contributed by atoms with Gasteiger partial charge >= 0.3 is 0 Å². The van der Waals surface area contributed by atoms with Crippen molar-refractivity contribution in [3.05, 3.63) is 156 Å². The van der Waals surface area contributed by atoms with E-state index in [1.54, 1.807) is 6.07 Å². The van der Waals surface area contributed by atoms with Gasteiger partial charge in [0.15, 0.2) is 0 Å². The normalized spacial score (nSPS) is 15.2. The second-order valence-corrected chi connectivity index (χ2v) is 11.3. The Morgan fingerprint density at radius 1 is 0.867 bits per heavy atom. The van der Waals surface area contributed by atoms with Crippen molar-refractivity contribution in [2.45, 2.75) is 32.1 Å². The number of fused-ring (bicyclic) bond motifs is 4. The predicted molar refractivity (Wildman–Crippen MR) is 175 cm³/mol. The molecule has 5 aromatic carbocycles. The number of nitrogens with one attached hydrogen (secondary N) is 1. The molecule has 7 rings (SSSR count). The van der Waals surface area contributed by atoms with Crippen LogP contribution in [0.1, 0.15) is 27.9 Å². The van der Waals surface area contributed by atoms with E-state index in [1.165, 1.54) is 0 Å². The average Bonchev–Trinajstić information content (AvgIpc) is 3.50. The molecule has 0 spiro atoms. The van der Waals surface area contributed by atoms with Crippen molar-refractivity contribution in [2.75, 3.05) is 5.32 Å². The molecule has 1 N–H and O–H groups in total. The summed E-state index contributed by atoms with van der Waals surface area (Å²) >= 11 is 0. The van der Waals surface area contributed by atoms with Gasteiger partial charge in [-0.25, -0.2) is 4.98 Å². The second kappa shape index (κ2) is 12.5. The highest BCUT2D eigenvalue weighted by Crippen LogP contribution is 2.33. The summed E-state index contributed by atoms with van der Waals surface area (Å²) in [6, 6.07) is 39.5. The summed E-state index contributed by atoms with van der Waals surface area (Å²) in [6.07, 6.45) is 4.21. The molecule has 0 fully saturated rings. The number of nitriles is 1. The van der Waals surface area contributed by atoms with Gasteiger partial charge < -0.3 is 14.6 Å². The van der Waals surface area contributed by atoms with Gasteiger partial charge in [0.25, 0.3) is 0 Å². The first-order valence-corrected chi connectivity index (χ1v) is 15.0. The minimum Gasteiger partial charge on any atom is -0.456 e. The number of benzene rings is 5. The van der Waals surface area contributed by atoms with Gasteiger partial charge in [0.05, 0.1) is 23.6 Å². The van der Waals surface area contributed by atoms with Gasteiger partial charge in [-0.05, 0) is 58.8 Å². The lowest BCUT2D eigenvalue weighted by molar-refractivity contribution is -0.121. The molecule has 220 valence electrons.